The molecule has 0 aromatic heterocycles. The highest BCUT2D eigenvalue weighted by atomic mass is 16.3. The van der Waals surface area contributed by atoms with Gasteiger partial charge in [-0.15, -0.1) is 0 Å². The van der Waals surface area contributed by atoms with Crippen LogP contribution in [0.2, 0.25) is 0 Å². The standard InChI is InChI=1S/C13H20N2O2/c1-9(2)15(8-13(14)17)12-6-4-11(5-7-12)10(3)16/h4-7,9-10,16H,8H2,1-3H3,(H2,14,17). The predicted molar refractivity (Wildman–Crippen MR) is 68.8 cm³/mol. The second kappa shape index (κ2) is 5.68. The highest BCUT2D eigenvalue weighted by Gasteiger charge is 2.13. The Morgan fingerprint density at radius 2 is 1.82 bits per heavy atom. The third-order valence-corrected chi connectivity index (χ3v) is 2.66. The van der Waals surface area contributed by atoms with Crippen LogP contribution in [0.25, 0.3) is 0 Å². The molecule has 4 nitrogen and oxygen atoms in total. The zero-order valence-corrected chi connectivity index (χ0v) is 10.6. The number of rotatable bonds is 5. The summed E-state index contributed by atoms with van der Waals surface area (Å²) in [5, 5.41) is 9.42. The number of hydrogen-bond donors (Lipinski definition) is 2. The second-order valence-electron chi connectivity index (χ2n) is 4.46. The average molecular weight is 236 g/mol. The monoisotopic (exact) mass is 236 g/mol. The predicted octanol–water partition coefficient (Wildman–Crippen LogP) is 1.44. The molecule has 0 saturated heterocycles. The molecule has 0 bridgehead atoms. The molecule has 1 atom stereocenters. The number of hydrogen-bond acceptors (Lipinski definition) is 3. The number of anilines is 1. The molecule has 0 saturated carbocycles. The molecule has 0 aliphatic heterocycles. The minimum absolute atomic E-state index is 0.194. The van der Waals surface area contributed by atoms with Crippen molar-refractivity contribution in [1.82, 2.24) is 0 Å². The van der Waals surface area contributed by atoms with Crippen molar-refractivity contribution in [1.29, 1.82) is 0 Å². The van der Waals surface area contributed by atoms with Crippen molar-refractivity contribution >= 4 is 11.6 Å². The summed E-state index contributed by atoms with van der Waals surface area (Å²) in [6.07, 6.45) is -0.479. The number of primary amides is 1. The van der Waals surface area contributed by atoms with E-state index in [0.29, 0.717) is 0 Å². The summed E-state index contributed by atoms with van der Waals surface area (Å²) in [4.78, 5) is 12.9. The van der Waals surface area contributed by atoms with Crippen molar-refractivity contribution in [3.8, 4) is 0 Å². The maximum atomic E-state index is 11.0. The second-order valence-corrected chi connectivity index (χ2v) is 4.46. The summed E-state index contributed by atoms with van der Waals surface area (Å²) in [6, 6.07) is 7.70. The third-order valence-electron chi connectivity index (χ3n) is 2.66. The van der Waals surface area contributed by atoms with Crippen LogP contribution in [-0.4, -0.2) is 23.6 Å². The van der Waals surface area contributed by atoms with Crippen LogP contribution in [0.5, 0.6) is 0 Å². The van der Waals surface area contributed by atoms with E-state index in [1.807, 2.05) is 43.0 Å². The van der Waals surface area contributed by atoms with Gasteiger partial charge in [0, 0.05) is 11.7 Å². The van der Waals surface area contributed by atoms with E-state index in [4.69, 9.17) is 5.73 Å². The molecule has 1 aromatic carbocycles. The van der Waals surface area contributed by atoms with E-state index in [1.54, 1.807) is 6.92 Å². The quantitative estimate of drug-likeness (QED) is 0.813. The van der Waals surface area contributed by atoms with Gasteiger partial charge in [0.15, 0.2) is 0 Å². The maximum absolute atomic E-state index is 11.0. The summed E-state index contributed by atoms with van der Waals surface area (Å²) in [5.74, 6) is -0.349. The lowest BCUT2D eigenvalue weighted by molar-refractivity contribution is -0.116. The Morgan fingerprint density at radius 3 is 2.18 bits per heavy atom. The Kier molecular flexibility index (Phi) is 4.52. The van der Waals surface area contributed by atoms with Gasteiger partial charge in [0.2, 0.25) is 5.91 Å². The van der Waals surface area contributed by atoms with Gasteiger partial charge in [-0.25, -0.2) is 0 Å². The van der Waals surface area contributed by atoms with Crippen LogP contribution in [-0.2, 0) is 4.79 Å². The van der Waals surface area contributed by atoms with Crippen LogP contribution in [0.15, 0.2) is 24.3 Å². The molecule has 4 heteroatoms. The number of aliphatic hydroxyl groups is 1. The minimum Gasteiger partial charge on any atom is -0.389 e. The van der Waals surface area contributed by atoms with Gasteiger partial charge < -0.3 is 15.7 Å². The Morgan fingerprint density at radius 1 is 1.29 bits per heavy atom. The van der Waals surface area contributed by atoms with Gasteiger partial charge in [-0.3, -0.25) is 4.79 Å². The molecule has 1 unspecified atom stereocenters. The molecule has 17 heavy (non-hydrogen) atoms. The van der Waals surface area contributed by atoms with Crippen molar-refractivity contribution in [3.05, 3.63) is 29.8 Å². The van der Waals surface area contributed by atoms with E-state index in [1.165, 1.54) is 0 Å². The van der Waals surface area contributed by atoms with Crippen LogP contribution in [0.3, 0.4) is 0 Å². The first-order valence-electron chi connectivity index (χ1n) is 5.74. The summed E-state index contributed by atoms with van der Waals surface area (Å²) in [5.41, 5.74) is 7.02. The smallest absolute Gasteiger partial charge is 0.236 e. The van der Waals surface area contributed by atoms with E-state index in [-0.39, 0.29) is 18.5 Å². The van der Waals surface area contributed by atoms with Crippen molar-refractivity contribution in [3.63, 3.8) is 0 Å². The molecule has 1 aromatic rings. The Labute approximate surface area is 102 Å². The van der Waals surface area contributed by atoms with Gasteiger partial charge in [-0.1, -0.05) is 12.1 Å². The summed E-state index contributed by atoms with van der Waals surface area (Å²) in [6.45, 7) is 5.93. The van der Waals surface area contributed by atoms with Crippen LogP contribution in [0, 0.1) is 0 Å². The Hall–Kier alpha value is -1.55. The SMILES string of the molecule is CC(O)c1ccc(N(CC(N)=O)C(C)C)cc1. The number of carbonyl (C=O) groups excluding carboxylic acids is 1. The van der Waals surface area contributed by atoms with Crippen molar-refractivity contribution in [2.45, 2.75) is 32.9 Å². The van der Waals surface area contributed by atoms with Crippen LogP contribution in [0.1, 0.15) is 32.4 Å². The average Bonchev–Trinajstić information content (AvgIpc) is 2.25. The summed E-state index contributed by atoms with van der Waals surface area (Å²) < 4.78 is 0. The number of benzene rings is 1. The van der Waals surface area contributed by atoms with Gasteiger partial charge in [-0.2, -0.15) is 0 Å². The Bertz CT molecular complexity index is 372. The molecule has 3 N–H and O–H groups in total. The van der Waals surface area contributed by atoms with Crippen molar-refractivity contribution in [2.75, 3.05) is 11.4 Å². The molecular weight excluding hydrogens is 216 g/mol. The number of aliphatic hydroxyl groups excluding tert-OH is 1. The van der Waals surface area contributed by atoms with Crippen molar-refractivity contribution in [2.24, 2.45) is 5.73 Å². The third kappa shape index (κ3) is 3.75. The van der Waals surface area contributed by atoms with E-state index in [2.05, 4.69) is 0 Å². The Balaban J connectivity index is 2.91. The molecule has 1 rings (SSSR count). The van der Waals surface area contributed by atoms with Gasteiger partial charge in [0.1, 0.15) is 0 Å². The summed E-state index contributed by atoms with van der Waals surface area (Å²) in [7, 11) is 0. The largest absolute Gasteiger partial charge is 0.389 e. The lowest BCUT2D eigenvalue weighted by Crippen LogP contribution is -2.38. The normalized spacial score (nSPS) is 12.5. The van der Waals surface area contributed by atoms with Gasteiger partial charge >= 0.3 is 0 Å². The van der Waals surface area contributed by atoms with Crippen LogP contribution in [0.4, 0.5) is 5.69 Å². The first kappa shape index (κ1) is 13.5. The first-order valence-corrected chi connectivity index (χ1v) is 5.74. The molecule has 0 aliphatic carbocycles. The number of carbonyl (C=O) groups is 1. The van der Waals surface area contributed by atoms with E-state index in [0.717, 1.165) is 11.3 Å². The number of nitrogens with zero attached hydrogens (tertiary/aromatic N) is 1. The minimum atomic E-state index is -0.479. The highest BCUT2D eigenvalue weighted by molar-refractivity contribution is 5.79. The molecule has 0 fully saturated rings. The van der Waals surface area contributed by atoms with Gasteiger partial charge in [-0.05, 0) is 38.5 Å². The lowest BCUT2D eigenvalue weighted by atomic mass is 10.1. The topological polar surface area (TPSA) is 66.6 Å². The molecule has 1 amide bonds. The zero-order valence-electron chi connectivity index (χ0n) is 10.6. The molecule has 0 spiro atoms. The first-order chi connectivity index (χ1) is 7.91. The lowest BCUT2D eigenvalue weighted by Gasteiger charge is -2.27. The van der Waals surface area contributed by atoms with Crippen molar-refractivity contribution < 1.29 is 9.90 Å². The fourth-order valence-corrected chi connectivity index (χ4v) is 1.68. The van der Waals surface area contributed by atoms with E-state index in [9.17, 15) is 9.90 Å². The fourth-order valence-electron chi connectivity index (χ4n) is 1.68. The van der Waals surface area contributed by atoms with E-state index >= 15 is 0 Å². The fraction of sp³-hybridized carbons (Fsp3) is 0.462. The zero-order chi connectivity index (χ0) is 13.0. The number of amides is 1. The molecule has 0 aliphatic rings. The van der Waals surface area contributed by atoms with Gasteiger partial charge in [0.05, 0.1) is 12.6 Å². The molecule has 94 valence electrons. The maximum Gasteiger partial charge on any atom is 0.236 e. The summed E-state index contributed by atoms with van der Waals surface area (Å²) >= 11 is 0. The molecule has 0 heterocycles. The highest BCUT2D eigenvalue weighted by Crippen LogP contribution is 2.20. The molecule has 0 radical (unpaired) electrons. The van der Waals surface area contributed by atoms with Crippen LogP contribution < -0.4 is 10.6 Å². The molecular formula is C13H20N2O2. The van der Waals surface area contributed by atoms with E-state index < -0.39 is 6.10 Å². The van der Waals surface area contributed by atoms with Crippen LogP contribution >= 0.6 is 0 Å². The van der Waals surface area contributed by atoms with Gasteiger partial charge in [0.25, 0.3) is 0 Å². The number of nitrogens with two attached hydrogens (primary N) is 1.